The highest BCUT2D eigenvalue weighted by molar-refractivity contribution is 7.14. The van der Waals surface area contributed by atoms with Gasteiger partial charge < -0.3 is 4.57 Å². The van der Waals surface area contributed by atoms with Gasteiger partial charge in [-0.05, 0) is 42.8 Å². The number of aromatic nitrogens is 3. The normalized spacial score (nSPS) is 13.0. The van der Waals surface area contributed by atoms with Gasteiger partial charge in [0.2, 0.25) is 0 Å². The predicted octanol–water partition coefficient (Wildman–Crippen LogP) is 6.52. The molecule has 7 heteroatoms. The minimum absolute atomic E-state index is 0.0863. The molecule has 0 fully saturated rings. The standard InChI is InChI=1S/C26H32N4OS2/c1-5-7-12-20(6-2)17-29-22(23-15-11-16-32-23)18-33-26(29)27-24-19(3)28(4)30(25(24)31)21-13-9-8-10-14-21/h8-11,13-16,18,20H,5-7,12,17H2,1-4H3. The minimum atomic E-state index is -0.0863. The van der Waals surface area contributed by atoms with Gasteiger partial charge in [0.25, 0.3) is 5.56 Å². The van der Waals surface area contributed by atoms with Crippen LogP contribution >= 0.6 is 22.7 Å². The van der Waals surface area contributed by atoms with Crippen LogP contribution in [0.15, 0.2) is 63.0 Å². The molecule has 33 heavy (non-hydrogen) atoms. The van der Waals surface area contributed by atoms with Crippen LogP contribution in [0, 0.1) is 12.8 Å². The average molecular weight is 481 g/mol. The van der Waals surface area contributed by atoms with E-state index in [9.17, 15) is 4.79 Å². The van der Waals surface area contributed by atoms with E-state index in [1.54, 1.807) is 27.4 Å². The molecule has 1 aromatic carbocycles. The Hall–Kier alpha value is -2.64. The Morgan fingerprint density at radius 1 is 1.06 bits per heavy atom. The van der Waals surface area contributed by atoms with Crippen molar-refractivity contribution in [3.05, 3.63) is 74.1 Å². The summed E-state index contributed by atoms with van der Waals surface area (Å²) in [4.78, 5) is 20.5. The van der Waals surface area contributed by atoms with Crippen molar-refractivity contribution in [2.45, 2.75) is 53.0 Å². The van der Waals surface area contributed by atoms with Crippen LogP contribution in [0.1, 0.15) is 45.2 Å². The Morgan fingerprint density at radius 2 is 1.85 bits per heavy atom. The smallest absolute Gasteiger partial charge is 0.297 e. The van der Waals surface area contributed by atoms with Crippen LogP contribution in [0.3, 0.4) is 0 Å². The van der Waals surface area contributed by atoms with Crippen LogP contribution in [0.25, 0.3) is 16.3 Å². The Morgan fingerprint density at radius 3 is 2.52 bits per heavy atom. The molecule has 4 rings (SSSR count). The molecule has 0 aliphatic carbocycles. The summed E-state index contributed by atoms with van der Waals surface area (Å²) in [5.41, 5.74) is 3.33. The van der Waals surface area contributed by atoms with Crippen LogP contribution in [0.5, 0.6) is 0 Å². The van der Waals surface area contributed by atoms with Gasteiger partial charge in [-0.1, -0.05) is 57.4 Å². The fourth-order valence-electron chi connectivity index (χ4n) is 4.17. The lowest BCUT2D eigenvalue weighted by Crippen LogP contribution is -2.22. The highest BCUT2D eigenvalue weighted by atomic mass is 32.1. The first kappa shape index (κ1) is 23.5. The minimum Gasteiger partial charge on any atom is -0.315 e. The number of thiophene rings is 1. The van der Waals surface area contributed by atoms with Crippen molar-refractivity contribution in [3.63, 3.8) is 0 Å². The van der Waals surface area contributed by atoms with Gasteiger partial charge in [-0.15, -0.1) is 22.7 Å². The maximum Gasteiger partial charge on any atom is 0.297 e. The Balaban J connectivity index is 1.84. The average Bonchev–Trinajstić information content (AvgIpc) is 3.54. The number of unbranched alkanes of at least 4 members (excludes halogenated alkanes) is 1. The van der Waals surface area contributed by atoms with Gasteiger partial charge in [0.1, 0.15) is 0 Å². The van der Waals surface area contributed by atoms with Crippen molar-refractivity contribution in [1.29, 1.82) is 0 Å². The summed E-state index contributed by atoms with van der Waals surface area (Å²) in [6.07, 6.45) is 4.80. The molecule has 1 atom stereocenters. The molecule has 0 N–H and O–H groups in total. The third-order valence-corrected chi connectivity index (χ3v) is 8.04. The third-order valence-electron chi connectivity index (χ3n) is 6.29. The Labute approximate surface area is 203 Å². The van der Waals surface area contributed by atoms with E-state index < -0.39 is 0 Å². The highest BCUT2D eigenvalue weighted by Gasteiger charge is 2.18. The van der Waals surface area contributed by atoms with Crippen LogP contribution in [0.2, 0.25) is 0 Å². The first-order chi connectivity index (χ1) is 16.0. The molecule has 3 aromatic heterocycles. The number of thiazole rings is 1. The topological polar surface area (TPSA) is 44.2 Å². The van der Waals surface area contributed by atoms with Gasteiger partial charge in [0.15, 0.2) is 10.5 Å². The zero-order valence-electron chi connectivity index (χ0n) is 19.8. The van der Waals surface area contributed by atoms with E-state index in [0.29, 0.717) is 11.6 Å². The molecule has 5 nitrogen and oxygen atoms in total. The molecule has 3 heterocycles. The van der Waals surface area contributed by atoms with E-state index >= 15 is 0 Å². The van der Waals surface area contributed by atoms with Gasteiger partial charge in [-0.25, -0.2) is 9.67 Å². The largest absolute Gasteiger partial charge is 0.315 e. The van der Waals surface area contributed by atoms with Gasteiger partial charge in [0, 0.05) is 19.0 Å². The van der Waals surface area contributed by atoms with Gasteiger partial charge in [-0.3, -0.25) is 9.48 Å². The Bertz CT molecular complexity index is 1310. The van der Waals surface area contributed by atoms with E-state index in [0.717, 1.165) is 29.1 Å². The molecular formula is C26H32N4OS2. The van der Waals surface area contributed by atoms with Crippen molar-refractivity contribution in [3.8, 4) is 16.3 Å². The summed E-state index contributed by atoms with van der Waals surface area (Å²) >= 11 is 3.37. The fraction of sp³-hybridized carbons (Fsp3) is 0.385. The second kappa shape index (κ2) is 10.5. The van der Waals surface area contributed by atoms with Crippen LogP contribution < -0.4 is 10.4 Å². The van der Waals surface area contributed by atoms with E-state index in [2.05, 4.69) is 41.3 Å². The van der Waals surface area contributed by atoms with E-state index in [-0.39, 0.29) is 5.56 Å². The molecule has 0 amide bonds. The third kappa shape index (κ3) is 4.84. The highest BCUT2D eigenvalue weighted by Crippen LogP contribution is 2.27. The summed E-state index contributed by atoms with van der Waals surface area (Å²) in [6, 6.07) is 14.0. The molecular weight excluding hydrogens is 448 g/mol. The lowest BCUT2D eigenvalue weighted by molar-refractivity contribution is 0.389. The van der Waals surface area contributed by atoms with Gasteiger partial charge in [0.05, 0.1) is 22.0 Å². The number of para-hydroxylation sites is 1. The molecule has 0 bridgehead atoms. The van der Waals surface area contributed by atoms with Crippen LogP contribution in [-0.4, -0.2) is 13.9 Å². The maximum atomic E-state index is 13.4. The lowest BCUT2D eigenvalue weighted by Gasteiger charge is -2.17. The summed E-state index contributed by atoms with van der Waals surface area (Å²) in [5.74, 6) is 0.593. The summed E-state index contributed by atoms with van der Waals surface area (Å²) < 4.78 is 5.92. The predicted molar refractivity (Wildman–Crippen MR) is 140 cm³/mol. The van der Waals surface area contributed by atoms with Gasteiger partial charge in [-0.2, -0.15) is 0 Å². The second-order valence-corrected chi connectivity index (χ2v) is 10.2. The molecule has 0 spiro atoms. The van der Waals surface area contributed by atoms with E-state index in [1.165, 1.54) is 29.8 Å². The van der Waals surface area contributed by atoms with Crippen LogP contribution in [0.4, 0.5) is 5.69 Å². The van der Waals surface area contributed by atoms with Crippen molar-refractivity contribution >= 4 is 28.4 Å². The quantitative estimate of drug-likeness (QED) is 0.269. The summed E-state index contributed by atoms with van der Waals surface area (Å²) in [5, 5.41) is 4.30. The molecule has 1 unspecified atom stereocenters. The molecule has 0 saturated heterocycles. The zero-order valence-corrected chi connectivity index (χ0v) is 21.5. The zero-order chi connectivity index (χ0) is 23.4. The Kier molecular flexibility index (Phi) is 7.50. The van der Waals surface area contributed by atoms with Gasteiger partial charge >= 0.3 is 0 Å². The van der Waals surface area contributed by atoms with Crippen molar-refractivity contribution in [1.82, 2.24) is 13.9 Å². The number of hydrogen-bond acceptors (Lipinski definition) is 4. The fourth-order valence-corrected chi connectivity index (χ4v) is 5.91. The van der Waals surface area contributed by atoms with Crippen LogP contribution in [-0.2, 0) is 13.6 Å². The van der Waals surface area contributed by atoms with E-state index in [4.69, 9.17) is 4.99 Å². The number of hydrogen-bond donors (Lipinski definition) is 0. The molecule has 4 aromatic rings. The molecule has 0 aliphatic rings. The first-order valence-electron chi connectivity index (χ1n) is 11.7. The van der Waals surface area contributed by atoms with Crippen molar-refractivity contribution in [2.75, 3.05) is 0 Å². The summed E-state index contributed by atoms with van der Waals surface area (Å²) in [7, 11) is 1.92. The number of rotatable bonds is 9. The molecule has 0 radical (unpaired) electrons. The van der Waals surface area contributed by atoms with E-state index in [1.807, 2.05) is 49.0 Å². The number of nitrogens with zero attached hydrogens (tertiary/aromatic N) is 4. The van der Waals surface area contributed by atoms with Crippen molar-refractivity contribution < 1.29 is 0 Å². The van der Waals surface area contributed by atoms with Crippen molar-refractivity contribution in [2.24, 2.45) is 18.0 Å². The maximum absolute atomic E-state index is 13.4. The lowest BCUT2D eigenvalue weighted by atomic mass is 9.99. The summed E-state index contributed by atoms with van der Waals surface area (Å²) in [6.45, 7) is 7.41. The number of benzene rings is 1. The monoisotopic (exact) mass is 480 g/mol. The first-order valence-corrected chi connectivity index (χ1v) is 13.4. The molecule has 0 aliphatic heterocycles. The molecule has 0 saturated carbocycles. The second-order valence-electron chi connectivity index (χ2n) is 8.43. The SMILES string of the molecule is CCCCC(CC)Cn1c(-c2cccs2)csc1=Nc1c(C)n(C)n(-c2ccccc2)c1=O. The molecule has 174 valence electrons.